The van der Waals surface area contributed by atoms with E-state index in [0.717, 1.165) is 12.8 Å². The van der Waals surface area contributed by atoms with Gasteiger partial charge in [0.1, 0.15) is 0 Å². The molecule has 180 valence electrons. The lowest BCUT2D eigenvalue weighted by Gasteiger charge is -2.15. The van der Waals surface area contributed by atoms with Gasteiger partial charge in [-0.05, 0) is 49.2 Å². The minimum Gasteiger partial charge on any atom is -0.352 e. The van der Waals surface area contributed by atoms with Gasteiger partial charge in [0.05, 0.1) is 9.82 Å². The molecular formula is C21H23N5O7S. The molecule has 1 heterocycles. The van der Waals surface area contributed by atoms with Crippen LogP contribution in [0, 0.1) is 10.1 Å². The number of hydrogen-bond donors (Lipinski definition) is 3. The first kappa shape index (κ1) is 24.8. The Morgan fingerprint density at radius 3 is 2.03 bits per heavy atom. The molecule has 34 heavy (non-hydrogen) atoms. The molecule has 1 aliphatic heterocycles. The highest BCUT2D eigenvalue weighted by atomic mass is 32.2. The molecule has 0 spiro atoms. The number of amides is 3. The molecule has 2 aromatic carbocycles. The van der Waals surface area contributed by atoms with E-state index in [1.165, 1.54) is 52.8 Å². The minimum atomic E-state index is -3.58. The lowest BCUT2D eigenvalue weighted by atomic mass is 10.2. The van der Waals surface area contributed by atoms with E-state index in [2.05, 4.69) is 16.2 Å². The molecule has 0 radical (unpaired) electrons. The van der Waals surface area contributed by atoms with Gasteiger partial charge in [0, 0.05) is 49.3 Å². The summed E-state index contributed by atoms with van der Waals surface area (Å²) in [6, 6.07) is 10.4. The number of carbonyl (C=O) groups excluding carboxylic acids is 3. The normalized spacial score (nSPS) is 13.8. The number of nitro groups is 1. The summed E-state index contributed by atoms with van der Waals surface area (Å²) in [5.41, 5.74) is 4.66. The zero-order chi connectivity index (χ0) is 24.7. The Labute approximate surface area is 195 Å². The van der Waals surface area contributed by atoms with Crippen LogP contribution in [-0.2, 0) is 14.8 Å². The van der Waals surface area contributed by atoms with Crippen molar-refractivity contribution in [3.63, 3.8) is 0 Å². The first-order valence-electron chi connectivity index (χ1n) is 10.4. The number of sulfonamides is 1. The molecule has 0 unspecified atom stereocenters. The van der Waals surface area contributed by atoms with Crippen molar-refractivity contribution in [2.24, 2.45) is 0 Å². The van der Waals surface area contributed by atoms with Crippen molar-refractivity contribution in [3.05, 3.63) is 69.8 Å². The van der Waals surface area contributed by atoms with E-state index in [9.17, 15) is 32.9 Å². The lowest BCUT2D eigenvalue weighted by molar-refractivity contribution is -0.384. The van der Waals surface area contributed by atoms with Crippen molar-refractivity contribution in [2.45, 2.75) is 24.2 Å². The molecule has 12 nitrogen and oxygen atoms in total. The highest BCUT2D eigenvalue weighted by molar-refractivity contribution is 7.89. The molecule has 3 rings (SSSR count). The summed E-state index contributed by atoms with van der Waals surface area (Å²) in [5, 5.41) is 13.1. The Bertz CT molecular complexity index is 1170. The van der Waals surface area contributed by atoms with Gasteiger partial charge in [0.25, 0.3) is 17.5 Å². The van der Waals surface area contributed by atoms with Gasteiger partial charge in [0.15, 0.2) is 0 Å². The number of hydrazine groups is 1. The highest BCUT2D eigenvalue weighted by Gasteiger charge is 2.27. The van der Waals surface area contributed by atoms with Crippen molar-refractivity contribution in [2.75, 3.05) is 19.6 Å². The second kappa shape index (κ2) is 10.9. The van der Waals surface area contributed by atoms with E-state index in [-0.39, 0.29) is 34.7 Å². The smallest absolute Gasteiger partial charge is 0.269 e. The third-order valence-electron chi connectivity index (χ3n) is 5.11. The van der Waals surface area contributed by atoms with Gasteiger partial charge in [0.2, 0.25) is 15.9 Å². The standard InChI is InChI=1S/C21H23N5O7S/c27-19(11-12-22-20(28)15-3-7-17(8-4-15)26(30)31)23-24-21(29)16-5-9-18(10-6-16)34(32,33)25-13-1-2-14-25/h3-10H,1-2,11-14H2,(H,22,28)(H,23,27)(H,24,29). The van der Waals surface area contributed by atoms with Crippen LogP contribution < -0.4 is 16.2 Å². The molecule has 0 aromatic heterocycles. The quantitative estimate of drug-likeness (QED) is 0.366. The highest BCUT2D eigenvalue weighted by Crippen LogP contribution is 2.21. The van der Waals surface area contributed by atoms with E-state index in [0.29, 0.717) is 13.1 Å². The fourth-order valence-corrected chi connectivity index (χ4v) is 4.76. The van der Waals surface area contributed by atoms with Crippen LogP contribution in [0.3, 0.4) is 0 Å². The van der Waals surface area contributed by atoms with Crippen molar-refractivity contribution in [3.8, 4) is 0 Å². The second-order valence-electron chi connectivity index (χ2n) is 7.45. The number of carbonyl (C=O) groups is 3. The summed E-state index contributed by atoms with van der Waals surface area (Å²) in [5.74, 6) is -1.70. The molecule has 1 fully saturated rings. The van der Waals surface area contributed by atoms with Crippen molar-refractivity contribution < 1.29 is 27.7 Å². The van der Waals surface area contributed by atoms with E-state index >= 15 is 0 Å². The fourth-order valence-electron chi connectivity index (χ4n) is 3.24. The largest absolute Gasteiger partial charge is 0.352 e. The Kier molecular flexibility index (Phi) is 7.91. The monoisotopic (exact) mass is 489 g/mol. The van der Waals surface area contributed by atoms with Crippen LogP contribution in [0.2, 0.25) is 0 Å². The van der Waals surface area contributed by atoms with E-state index in [1.807, 2.05) is 0 Å². The van der Waals surface area contributed by atoms with Crippen LogP contribution in [0.1, 0.15) is 40.0 Å². The van der Waals surface area contributed by atoms with Crippen LogP contribution in [0.15, 0.2) is 53.4 Å². The summed E-state index contributed by atoms with van der Waals surface area (Å²) in [4.78, 5) is 46.3. The average molecular weight is 490 g/mol. The number of nitro benzene ring substituents is 1. The molecule has 0 atom stereocenters. The maximum absolute atomic E-state index is 12.5. The zero-order valence-electron chi connectivity index (χ0n) is 18.0. The second-order valence-corrected chi connectivity index (χ2v) is 9.39. The Balaban J connectivity index is 1.42. The van der Waals surface area contributed by atoms with Gasteiger partial charge >= 0.3 is 0 Å². The molecule has 13 heteroatoms. The summed E-state index contributed by atoms with van der Waals surface area (Å²) < 4.78 is 26.5. The average Bonchev–Trinajstić information content (AvgIpc) is 3.38. The van der Waals surface area contributed by atoms with Crippen molar-refractivity contribution in [1.82, 2.24) is 20.5 Å². The molecular weight excluding hydrogens is 466 g/mol. The molecule has 1 saturated heterocycles. The number of hydrogen-bond acceptors (Lipinski definition) is 7. The van der Waals surface area contributed by atoms with Crippen LogP contribution in [-0.4, -0.2) is 55.0 Å². The fraction of sp³-hybridized carbons (Fsp3) is 0.286. The molecule has 3 amide bonds. The van der Waals surface area contributed by atoms with Gasteiger partial charge in [-0.1, -0.05) is 0 Å². The molecule has 1 aliphatic rings. The summed E-state index contributed by atoms with van der Waals surface area (Å²) in [6.45, 7) is 0.927. The first-order valence-corrected chi connectivity index (χ1v) is 11.8. The molecule has 3 N–H and O–H groups in total. The number of nitrogens with one attached hydrogen (secondary N) is 3. The summed E-state index contributed by atoms with van der Waals surface area (Å²) in [7, 11) is -3.58. The molecule has 0 bridgehead atoms. The van der Waals surface area contributed by atoms with E-state index in [4.69, 9.17) is 0 Å². The maximum Gasteiger partial charge on any atom is 0.269 e. The third-order valence-corrected chi connectivity index (χ3v) is 7.03. The van der Waals surface area contributed by atoms with Crippen LogP contribution in [0.25, 0.3) is 0 Å². The number of nitrogens with zero attached hydrogens (tertiary/aromatic N) is 2. The Morgan fingerprint density at radius 2 is 1.44 bits per heavy atom. The van der Waals surface area contributed by atoms with Crippen LogP contribution in [0.4, 0.5) is 5.69 Å². The zero-order valence-corrected chi connectivity index (χ0v) is 18.8. The summed E-state index contributed by atoms with van der Waals surface area (Å²) >= 11 is 0. The van der Waals surface area contributed by atoms with Gasteiger partial charge in [-0.2, -0.15) is 4.31 Å². The first-order chi connectivity index (χ1) is 16.2. The van der Waals surface area contributed by atoms with Crippen molar-refractivity contribution in [1.29, 1.82) is 0 Å². The molecule has 0 saturated carbocycles. The number of benzene rings is 2. The Hall–Kier alpha value is -3.84. The lowest BCUT2D eigenvalue weighted by Crippen LogP contribution is -2.42. The SMILES string of the molecule is O=C(CCNC(=O)c1ccc([N+](=O)[O-])cc1)NNC(=O)c1ccc(S(=O)(=O)N2CCCC2)cc1. The Morgan fingerprint density at radius 1 is 0.882 bits per heavy atom. The third kappa shape index (κ3) is 6.14. The van der Waals surface area contributed by atoms with Crippen LogP contribution in [0.5, 0.6) is 0 Å². The van der Waals surface area contributed by atoms with Crippen molar-refractivity contribution >= 4 is 33.4 Å². The topological polar surface area (TPSA) is 168 Å². The number of rotatable bonds is 8. The van der Waals surface area contributed by atoms with Crippen LogP contribution >= 0.6 is 0 Å². The molecule has 0 aliphatic carbocycles. The number of non-ortho nitro benzene ring substituents is 1. The van der Waals surface area contributed by atoms with Gasteiger partial charge in [-0.15, -0.1) is 0 Å². The summed E-state index contributed by atoms with van der Waals surface area (Å²) in [6.07, 6.45) is 1.51. The minimum absolute atomic E-state index is 0.0272. The van der Waals surface area contributed by atoms with E-state index < -0.39 is 32.7 Å². The van der Waals surface area contributed by atoms with Gasteiger partial charge in [-0.3, -0.25) is 35.3 Å². The maximum atomic E-state index is 12.5. The predicted octanol–water partition coefficient (Wildman–Crippen LogP) is 0.960. The van der Waals surface area contributed by atoms with E-state index in [1.54, 1.807) is 0 Å². The van der Waals surface area contributed by atoms with Gasteiger partial charge in [-0.25, -0.2) is 8.42 Å². The van der Waals surface area contributed by atoms with Gasteiger partial charge < -0.3 is 5.32 Å². The molecule has 2 aromatic rings. The predicted molar refractivity (Wildman–Crippen MR) is 120 cm³/mol.